The smallest absolute Gasteiger partial charge is 0.293 e. The lowest BCUT2D eigenvalue weighted by Gasteiger charge is -2.16. The van der Waals surface area contributed by atoms with Crippen molar-refractivity contribution in [3.8, 4) is 11.5 Å². The lowest BCUT2D eigenvalue weighted by atomic mass is 10.1. The van der Waals surface area contributed by atoms with E-state index < -0.39 is 0 Å². The van der Waals surface area contributed by atoms with E-state index in [0.29, 0.717) is 23.0 Å². The van der Waals surface area contributed by atoms with Gasteiger partial charge in [-0.3, -0.25) is 14.5 Å². The Morgan fingerprint density at radius 3 is 2.48 bits per heavy atom. The molecule has 1 aliphatic rings. The van der Waals surface area contributed by atoms with Gasteiger partial charge in [0, 0.05) is 6.04 Å². The predicted molar refractivity (Wildman–Crippen MR) is 91.8 cm³/mol. The lowest BCUT2D eigenvalue weighted by molar-refractivity contribution is -0.123. The number of aryl methyl sites for hydroxylation is 1. The quantitative estimate of drug-likeness (QED) is 0.765. The molecule has 6 heteroatoms. The van der Waals surface area contributed by atoms with Gasteiger partial charge in [0.1, 0.15) is 0 Å². The minimum absolute atomic E-state index is 0.149. The maximum atomic E-state index is 12.4. The van der Waals surface area contributed by atoms with Crippen molar-refractivity contribution in [1.29, 1.82) is 0 Å². The molecule has 1 fully saturated rings. The molecular weight excluding hydrogens is 314 g/mol. The third-order valence-electron chi connectivity index (χ3n) is 3.48. The summed E-state index contributed by atoms with van der Waals surface area (Å²) in [7, 11) is 1.59. The summed E-state index contributed by atoms with van der Waals surface area (Å²) in [5.74, 6) is 1.02. The van der Waals surface area contributed by atoms with Crippen LogP contribution in [0.2, 0.25) is 0 Å². The molecule has 0 atom stereocenters. The number of rotatable bonds is 5. The number of carbonyl (C=O) groups excluding carboxylic acids is 2. The van der Waals surface area contributed by atoms with Gasteiger partial charge in [0.2, 0.25) is 0 Å². The third-order valence-corrected chi connectivity index (χ3v) is 4.36. The van der Waals surface area contributed by atoms with E-state index in [9.17, 15) is 9.59 Å². The summed E-state index contributed by atoms with van der Waals surface area (Å²) in [4.78, 5) is 26.0. The van der Waals surface area contributed by atoms with Crippen LogP contribution in [0.15, 0.2) is 17.0 Å². The minimum Gasteiger partial charge on any atom is -0.493 e. The van der Waals surface area contributed by atoms with Crippen molar-refractivity contribution in [2.45, 2.75) is 33.7 Å². The Labute approximate surface area is 140 Å². The second-order valence-corrected chi connectivity index (χ2v) is 6.43. The molecule has 0 saturated carbocycles. The number of methoxy groups -OCH3 is 1. The fourth-order valence-electron chi connectivity index (χ4n) is 2.33. The first kappa shape index (κ1) is 17.4. The second-order valence-electron chi connectivity index (χ2n) is 5.44. The zero-order valence-electron chi connectivity index (χ0n) is 14.0. The van der Waals surface area contributed by atoms with E-state index in [1.54, 1.807) is 13.2 Å². The van der Waals surface area contributed by atoms with Crippen molar-refractivity contribution < 1.29 is 19.1 Å². The molecule has 23 heavy (non-hydrogen) atoms. The van der Waals surface area contributed by atoms with Crippen molar-refractivity contribution >= 4 is 29.0 Å². The number of hydrogen-bond donors (Lipinski definition) is 0. The van der Waals surface area contributed by atoms with Crippen molar-refractivity contribution in [3.05, 3.63) is 28.2 Å². The first-order chi connectivity index (χ1) is 10.9. The van der Waals surface area contributed by atoms with E-state index in [1.807, 2.05) is 39.8 Å². The predicted octanol–water partition coefficient (Wildman–Crippen LogP) is 3.85. The van der Waals surface area contributed by atoms with E-state index in [1.165, 1.54) is 4.90 Å². The monoisotopic (exact) mass is 335 g/mol. The molecule has 1 aliphatic heterocycles. The zero-order chi connectivity index (χ0) is 17.1. The minimum atomic E-state index is -0.247. The van der Waals surface area contributed by atoms with E-state index in [-0.39, 0.29) is 17.2 Å². The molecule has 5 nitrogen and oxygen atoms in total. The maximum absolute atomic E-state index is 12.4. The van der Waals surface area contributed by atoms with Gasteiger partial charge in [-0.1, -0.05) is 0 Å². The molecule has 0 N–H and O–H groups in total. The van der Waals surface area contributed by atoms with Crippen LogP contribution in [-0.2, 0) is 4.79 Å². The number of imide groups is 1. The molecule has 1 saturated heterocycles. The Morgan fingerprint density at radius 1 is 1.26 bits per heavy atom. The van der Waals surface area contributed by atoms with Gasteiger partial charge in [-0.05, 0) is 68.8 Å². The van der Waals surface area contributed by atoms with Crippen LogP contribution in [0.25, 0.3) is 6.08 Å². The molecule has 0 radical (unpaired) electrons. The van der Waals surface area contributed by atoms with E-state index in [0.717, 1.165) is 22.9 Å². The molecule has 2 amide bonds. The first-order valence-corrected chi connectivity index (χ1v) is 8.29. The van der Waals surface area contributed by atoms with Crippen molar-refractivity contribution in [1.82, 2.24) is 4.90 Å². The highest BCUT2D eigenvalue weighted by molar-refractivity contribution is 8.18. The van der Waals surface area contributed by atoms with Gasteiger partial charge in [0.05, 0.1) is 18.6 Å². The number of nitrogens with zero attached hydrogens (tertiary/aromatic N) is 1. The topological polar surface area (TPSA) is 55.8 Å². The largest absolute Gasteiger partial charge is 0.493 e. The number of ether oxygens (including phenoxy) is 2. The Bertz CT molecular complexity index is 667. The van der Waals surface area contributed by atoms with E-state index in [2.05, 4.69) is 0 Å². The molecule has 0 aliphatic carbocycles. The van der Waals surface area contributed by atoms with Crippen LogP contribution in [0.4, 0.5) is 4.79 Å². The summed E-state index contributed by atoms with van der Waals surface area (Å²) in [5, 5.41) is -0.229. The highest BCUT2D eigenvalue weighted by Crippen LogP contribution is 2.36. The molecule has 0 aromatic heterocycles. The van der Waals surface area contributed by atoms with Crippen molar-refractivity contribution in [2.75, 3.05) is 13.7 Å². The van der Waals surface area contributed by atoms with Crippen LogP contribution in [0, 0.1) is 6.92 Å². The molecule has 124 valence electrons. The normalized spacial score (nSPS) is 16.6. The SMILES string of the molecule is CCOc1cc(/C=C2/SC(=O)N(C(C)C)C2=O)c(C)cc1OC. The van der Waals surface area contributed by atoms with Gasteiger partial charge in [0.15, 0.2) is 11.5 Å². The number of thioether (sulfide) groups is 1. The summed E-state index contributed by atoms with van der Waals surface area (Å²) < 4.78 is 10.9. The van der Waals surface area contributed by atoms with Crippen LogP contribution in [-0.4, -0.2) is 35.8 Å². The first-order valence-electron chi connectivity index (χ1n) is 7.47. The van der Waals surface area contributed by atoms with E-state index >= 15 is 0 Å². The maximum Gasteiger partial charge on any atom is 0.293 e. The lowest BCUT2D eigenvalue weighted by Crippen LogP contribution is -2.34. The van der Waals surface area contributed by atoms with E-state index in [4.69, 9.17) is 9.47 Å². The standard InChI is InChI=1S/C17H21NO4S/c1-6-22-14-8-12(11(4)7-13(14)21-5)9-15-16(19)18(10(2)3)17(20)23-15/h7-10H,6H2,1-5H3/b15-9+. The number of carbonyl (C=O) groups is 2. The third kappa shape index (κ3) is 3.52. The van der Waals surface area contributed by atoms with Crippen LogP contribution in [0.5, 0.6) is 11.5 Å². The Balaban J connectivity index is 2.41. The fraction of sp³-hybridized carbons (Fsp3) is 0.412. The van der Waals surface area contributed by atoms with Gasteiger partial charge in [-0.15, -0.1) is 0 Å². The van der Waals surface area contributed by atoms with Gasteiger partial charge >= 0.3 is 0 Å². The summed E-state index contributed by atoms with van der Waals surface area (Å²) >= 11 is 0.969. The number of benzene rings is 1. The van der Waals surface area contributed by atoms with Gasteiger partial charge in [-0.2, -0.15) is 0 Å². The Hall–Kier alpha value is -1.95. The molecule has 1 aromatic carbocycles. The van der Waals surface area contributed by atoms with Crippen LogP contribution in [0.3, 0.4) is 0 Å². The molecule has 2 rings (SSSR count). The molecule has 0 spiro atoms. The summed E-state index contributed by atoms with van der Waals surface area (Å²) in [6, 6.07) is 3.55. The van der Waals surface area contributed by atoms with Gasteiger partial charge < -0.3 is 9.47 Å². The second kappa shape index (κ2) is 7.08. The number of hydrogen-bond acceptors (Lipinski definition) is 5. The number of amides is 2. The average Bonchev–Trinajstić information content (AvgIpc) is 2.76. The summed E-state index contributed by atoms with van der Waals surface area (Å²) in [5.41, 5.74) is 1.78. The molecule has 1 aromatic rings. The highest BCUT2D eigenvalue weighted by Gasteiger charge is 2.36. The molecular formula is C17H21NO4S. The van der Waals surface area contributed by atoms with Crippen LogP contribution < -0.4 is 9.47 Å². The van der Waals surface area contributed by atoms with Crippen LogP contribution in [0.1, 0.15) is 31.9 Å². The molecule has 0 unspecified atom stereocenters. The average molecular weight is 335 g/mol. The van der Waals surface area contributed by atoms with Crippen molar-refractivity contribution in [3.63, 3.8) is 0 Å². The van der Waals surface area contributed by atoms with Crippen LogP contribution >= 0.6 is 11.8 Å². The summed E-state index contributed by atoms with van der Waals surface area (Å²) in [6.45, 7) is 7.99. The van der Waals surface area contributed by atoms with Gasteiger partial charge in [0.25, 0.3) is 11.1 Å². The molecule has 0 bridgehead atoms. The Kier molecular flexibility index (Phi) is 5.36. The summed E-state index contributed by atoms with van der Waals surface area (Å²) in [6.07, 6.45) is 1.74. The fourth-order valence-corrected chi connectivity index (χ4v) is 3.28. The van der Waals surface area contributed by atoms with Gasteiger partial charge in [-0.25, -0.2) is 0 Å². The highest BCUT2D eigenvalue weighted by atomic mass is 32.2. The molecule has 1 heterocycles. The van der Waals surface area contributed by atoms with Crippen molar-refractivity contribution in [2.24, 2.45) is 0 Å². The Morgan fingerprint density at radius 2 is 1.96 bits per heavy atom. The zero-order valence-corrected chi connectivity index (χ0v) is 14.8.